The van der Waals surface area contributed by atoms with Gasteiger partial charge in [0.1, 0.15) is 0 Å². The summed E-state index contributed by atoms with van der Waals surface area (Å²) >= 11 is 3.82. The van der Waals surface area contributed by atoms with Crippen LogP contribution >= 0.6 is 23.1 Å². The number of aliphatic hydroxyl groups is 1. The quantitative estimate of drug-likeness (QED) is 0.881. The van der Waals surface area contributed by atoms with Gasteiger partial charge < -0.3 is 5.11 Å². The highest BCUT2D eigenvalue weighted by molar-refractivity contribution is 7.99. The Labute approximate surface area is 99.1 Å². The molecule has 0 radical (unpaired) electrons. The lowest BCUT2D eigenvalue weighted by molar-refractivity contribution is 0.196. The van der Waals surface area contributed by atoms with Crippen molar-refractivity contribution in [3.63, 3.8) is 0 Å². The van der Waals surface area contributed by atoms with Gasteiger partial charge in [-0.25, -0.2) is 4.98 Å². The van der Waals surface area contributed by atoms with E-state index in [1.54, 1.807) is 11.3 Å². The summed E-state index contributed by atoms with van der Waals surface area (Å²) in [7, 11) is 0. The van der Waals surface area contributed by atoms with Crippen LogP contribution in [0.4, 0.5) is 0 Å². The van der Waals surface area contributed by atoms with E-state index < -0.39 is 0 Å². The Morgan fingerprint density at radius 3 is 3.20 bits per heavy atom. The van der Waals surface area contributed by atoms with Gasteiger partial charge in [-0.15, -0.1) is 11.3 Å². The summed E-state index contributed by atoms with van der Waals surface area (Å²) in [6, 6.07) is 0. The first-order valence-electron chi connectivity index (χ1n) is 5.43. The van der Waals surface area contributed by atoms with E-state index in [4.69, 9.17) is 0 Å². The Morgan fingerprint density at radius 1 is 1.67 bits per heavy atom. The van der Waals surface area contributed by atoms with Crippen LogP contribution in [0.2, 0.25) is 0 Å². The Morgan fingerprint density at radius 2 is 2.53 bits per heavy atom. The summed E-state index contributed by atoms with van der Waals surface area (Å²) in [5.41, 5.74) is 0. The van der Waals surface area contributed by atoms with Crippen molar-refractivity contribution in [2.75, 3.05) is 11.5 Å². The maximum Gasteiger partial charge on any atom is 0.0930 e. The minimum atomic E-state index is -0.250. The van der Waals surface area contributed by atoms with Crippen molar-refractivity contribution in [2.45, 2.75) is 32.3 Å². The van der Waals surface area contributed by atoms with Gasteiger partial charge in [0.2, 0.25) is 0 Å². The van der Waals surface area contributed by atoms with Crippen molar-refractivity contribution >= 4 is 23.1 Å². The average molecular weight is 243 g/mol. The van der Waals surface area contributed by atoms with Crippen molar-refractivity contribution in [1.82, 2.24) is 4.98 Å². The van der Waals surface area contributed by atoms with Crippen LogP contribution in [0.25, 0.3) is 0 Å². The number of nitrogens with zero attached hydrogens (tertiary/aromatic N) is 1. The van der Waals surface area contributed by atoms with Crippen LogP contribution in [0.3, 0.4) is 0 Å². The summed E-state index contributed by atoms with van der Waals surface area (Å²) < 4.78 is 0. The van der Waals surface area contributed by atoms with Gasteiger partial charge in [-0.05, 0) is 30.8 Å². The molecular formula is C11H17NOS2. The van der Waals surface area contributed by atoms with Gasteiger partial charge in [0.15, 0.2) is 0 Å². The van der Waals surface area contributed by atoms with E-state index in [9.17, 15) is 5.11 Å². The van der Waals surface area contributed by atoms with Crippen LogP contribution in [0.15, 0.2) is 6.20 Å². The molecule has 1 N–H and O–H groups in total. The van der Waals surface area contributed by atoms with E-state index in [0.29, 0.717) is 0 Å². The van der Waals surface area contributed by atoms with Crippen LogP contribution in [0, 0.1) is 5.92 Å². The highest BCUT2D eigenvalue weighted by Gasteiger charge is 2.17. The molecule has 2 heterocycles. The molecule has 1 saturated heterocycles. The molecule has 84 valence electrons. The largest absolute Gasteiger partial charge is 0.393 e. The second kappa shape index (κ2) is 5.32. The van der Waals surface area contributed by atoms with Gasteiger partial charge in [-0.1, -0.05) is 0 Å². The number of thiazole rings is 1. The fraction of sp³-hybridized carbons (Fsp3) is 0.727. The third-order valence-electron chi connectivity index (χ3n) is 2.59. The Kier molecular flexibility index (Phi) is 4.05. The molecule has 15 heavy (non-hydrogen) atoms. The minimum absolute atomic E-state index is 0.250. The molecule has 0 bridgehead atoms. The van der Waals surface area contributed by atoms with Crippen molar-refractivity contribution in [3.8, 4) is 0 Å². The molecule has 1 aromatic heterocycles. The summed E-state index contributed by atoms with van der Waals surface area (Å²) in [5, 5.41) is 10.5. The van der Waals surface area contributed by atoms with Crippen LogP contribution in [0.5, 0.6) is 0 Å². The third kappa shape index (κ3) is 3.47. The van der Waals surface area contributed by atoms with Crippen LogP contribution in [0.1, 0.15) is 23.2 Å². The smallest absolute Gasteiger partial charge is 0.0930 e. The number of rotatable bonds is 4. The van der Waals surface area contributed by atoms with Crippen LogP contribution in [-0.4, -0.2) is 27.7 Å². The van der Waals surface area contributed by atoms with E-state index in [0.717, 1.165) is 18.8 Å². The molecule has 1 fully saturated rings. The number of aliphatic hydroxyl groups excluding tert-OH is 1. The zero-order valence-electron chi connectivity index (χ0n) is 8.98. The molecule has 0 saturated carbocycles. The third-order valence-corrected chi connectivity index (χ3v) is 4.86. The van der Waals surface area contributed by atoms with Gasteiger partial charge in [0.05, 0.1) is 11.1 Å². The monoisotopic (exact) mass is 243 g/mol. The summed E-state index contributed by atoms with van der Waals surface area (Å²) in [4.78, 5) is 5.64. The molecule has 1 aliphatic rings. The molecule has 1 aliphatic heterocycles. The maximum absolute atomic E-state index is 9.27. The van der Waals surface area contributed by atoms with Gasteiger partial charge in [-0.3, -0.25) is 0 Å². The number of hydrogen-bond acceptors (Lipinski definition) is 4. The molecule has 0 aliphatic carbocycles. The topological polar surface area (TPSA) is 33.1 Å². The Bertz CT molecular complexity index is 305. The lowest BCUT2D eigenvalue weighted by atomic mass is 10.1. The molecular weight excluding hydrogens is 226 g/mol. The average Bonchev–Trinajstić information content (AvgIpc) is 2.77. The summed E-state index contributed by atoms with van der Waals surface area (Å²) in [6.45, 7) is 1.83. The van der Waals surface area contributed by atoms with E-state index in [1.807, 2.05) is 13.1 Å². The Hall–Kier alpha value is -0.0600. The minimum Gasteiger partial charge on any atom is -0.393 e. The number of hydrogen-bond donors (Lipinski definition) is 1. The van der Waals surface area contributed by atoms with Gasteiger partial charge >= 0.3 is 0 Å². The first kappa shape index (κ1) is 11.4. The van der Waals surface area contributed by atoms with Gasteiger partial charge in [0.25, 0.3) is 0 Å². The maximum atomic E-state index is 9.27. The summed E-state index contributed by atoms with van der Waals surface area (Å²) in [6.07, 6.45) is 4.90. The van der Waals surface area contributed by atoms with Crippen LogP contribution < -0.4 is 0 Å². The SMILES string of the molecule is CC(O)Cc1cnc(CC2CCSC2)s1. The van der Waals surface area contributed by atoms with E-state index >= 15 is 0 Å². The summed E-state index contributed by atoms with van der Waals surface area (Å²) in [5.74, 6) is 3.45. The predicted molar refractivity (Wildman–Crippen MR) is 66.6 cm³/mol. The van der Waals surface area contributed by atoms with E-state index in [-0.39, 0.29) is 6.10 Å². The van der Waals surface area contributed by atoms with Crippen LogP contribution in [-0.2, 0) is 12.8 Å². The lowest BCUT2D eigenvalue weighted by Crippen LogP contribution is -2.02. The predicted octanol–water partition coefficient (Wildman–Crippen LogP) is 2.36. The zero-order valence-corrected chi connectivity index (χ0v) is 10.6. The van der Waals surface area contributed by atoms with Crippen molar-refractivity contribution in [2.24, 2.45) is 5.92 Å². The second-order valence-corrected chi connectivity index (χ2v) is 6.56. The zero-order chi connectivity index (χ0) is 10.7. The van der Waals surface area contributed by atoms with Crippen molar-refractivity contribution in [1.29, 1.82) is 0 Å². The molecule has 0 amide bonds. The molecule has 2 unspecified atom stereocenters. The fourth-order valence-corrected chi connectivity index (χ4v) is 4.26. The first-order valence-corrected chi connectivity index (χ1v) is 7.40. The van der Waals surface area contributed by atoms with Gasteiger partial charge in [-0.2, -0.15) is 11.8 Å². The van der Waals surface area contributed by atoms with E-state index in [1.165, 1.54) is 27.8 Å². The number of aromatic nitrogens is 1. The normalized spacial score (nSPS) is 23.2. The molecule has 2 nitrogen and oxygen atoms in total. The van der Waals surface area contributed by atoms with Gasteiger partial charge in [0, 0.05) is 23.9 Å². The number of thioether (sulfide) groups is 1. The molecule has 4 heteroatoms. The molecule has 0 spiro atoms. The second-order valence-electron chi connectivity index (χ2n) is 4.21. The van der Waals surface area contributed by atoms with Crippen molar-refractivity contribution < 1.29 is 5.11 Å². The highest BCUT2D eigenvalue weighted by Crippen LogP contribution is 2.28. The molecule has 2 atom stereocenters. The van der Waals surface area contributed by atoms with E-state index in [2.05, 4.69) is 16.7 Å². The molecule has 1 aromatic rings. The van der Waals surface area contributed by atoms with Crippen molar-refractivity contribution in [3.05, 3.63) is 16.1 Å². The first-order chi connectivity index (χ1) is 7.24. The Balaban J connectivity index is 1.88. The standard InChI is InChI=1S/C11H17NOS2/c1-8(13)4-10-6-12-11(15-10)5-9-2-3-14-7-9/h6,8-9,13H,2-5,7H2,1H3. The molecule has 0 aromatic carbocycles. The molecule has 2 rings (SSSR count). The fourth-order valence-electron chi connectivity index (χ4n) is 1.82. The lowest BCUT2D eigenvalue weighted by Gasteiger charge is -2.03. The highest BCUT2D eigenvalue weighted by atomic mass is 32.2.